The van der Waals surface area contributed by atoms with E-state index in [1.54, 1.807) is 0 Å². The summed E-state index contributed by atoms with van der Waals surface area (Å²) in [7, 11) is -3.81. The van der Waals surface area contributed by atoms with E-state index in [1.807, 2.05) is 0 Å². The maximum Gasteiger partial charge on any atom is 0.289 e. The van der Waals surface area contributed by atoms with Gasteiger partial charge in [-0.15, -0.1) is 0 Å². The van der Waals surface area contributed by atoms with Crippen LogP contribution in [0.25, 0.3) is 0 Å². The normalized spacial score (nSPS) is 23.9. The minimum atomic E-state index is -3.81. The van der Waals surface area contributed by atoms with Gasteiger partial charge in [0.15, 0.2) is 4.90 Å². The number of hydrogen-bond donors (Lipinski definition) is 1. The summed E-state index contributed by atoms with van der Waals surface area (Å²) in [4.78, 5) is 10.2. The van der Waals surface area contributed by atoms with Crippen molar-refractivity contribution in [3.05, 3.63) is 34.4 Å². The van der Waals surface area contributed by atoms with Crippen LogP contribution >= 0.6 is 0 Å². The Morgan fingerprint density at radius 1 is 1.17 bits per heavy atom. The molecule has 1 aromatic rings. The van der Waals surface area contributed by atoms with Crippen molar-refractivity contribution in [1.29, 1.82) is 0 Å². The lowest BCUT2D eigenvalue weighted by Gasteiger charge is -2.34. The van der Waals surface area contributed by atoms with Gasteiger partial charge >= 0.3 is 0 Å². The number of hydrogen-bond acceptors (Lipinski definition) is 5. The molecule has 0 aliphatic carbocycles. The number of benzene rings is 1. The Balaban J connectivity index is 1.75. The van der Waals surface area contributed by atoms with E-state index < -0.39 is 14.9 Å². The second-order valence-electron chi connectivity index (χ2n) is 6.17. The summed E-state index contributed by atoms with van der Waals surface area (Å²) in [5.74, 6) is 0.495. The summed E-state index contributed by atoms with van der Waals surface area (Å²) < 4.78 is 26.9. The van der Waals surface area contributed by atoms with E-state index in [0.717, 1.165) is 25.8 Å². The number of nitro benzene ring substituents is 1. The molecule has 1 atom stereocenters. The molecular formula is C15H21N3O4S. The molecule has 1 aromatic carbocycles. The standard InChI is InChI=1S/C15H21N3O4S/c19-18(20)14-5-1-2-6-15(14)23(21,22)17-10-7-12(8-11-17)13-4-3-9-16-13/h1-2,5-6,12-13,16H,3-4,7-11H2. The second kappa shape index (κ2) is 6.54. The molecule has 7 nitrogen and oxygen atoms in total. The smallest absolute Gasteiger partial charge is 0.289 e. The molecule has 2 aliphatic heterocycles. The predicted molar refractivity (Wildman–Crippen MR) is 85.6 cm³/mol. The third-order valence-electron chi connectivity index (χ3n) is 4.85. The molecule has 0 aromatic heterocycles. The zero-order valence-corrected chi connectivity index (χ0v) is 13.7. The monoisotopic (exact) mass is 339 g/mol. The minimum absolute atomic E-state index is 0.206. The van der Waals surface area contributed by atoms with E-state index in [0.29, 0.717) is 25.0 Å². The molecule has 1 N–H and O–H groups in total. The van der Waals surface area contributed by atoms with Crippen LogP contribution < -0.4 is 5.32 Å². The SMILES string of the molecule is O=[N+]([O-])c1ccccc1S(=O)(=O)N1CCC(C2CCCN2)CC1. The third-order valence-corrected chi connectivity index (χ3v) is 6.79. The maximum atomic E-state index is 12.7. The number of rotatable bonds is 4. The zero-order valence-electron chi connectivity index (χ0n) is 12.8. The van der Waals surface area contributed by atoms with E-state index in [9.17, 15) is 18.5 Å². The fourth-order valence-electron chi connectivity index (χ4n) is 3.60. The molecule has 23 heavy (non-hydrogen) atoms. The van der Waals surface area contributed by atoms with Gasteiger partial charge in [-0.3, -0.25) is 10.1 Å². The van der Waals surface area contributed by atoms with E-state index in [-0.39, 0.29) is 10.6 Å². The number of para-hydroxylation sites is 1. The Bertz CT molecular complexity index is 678. The van der Waals surface area contributed by atoms with Gasteiger partial charge in [0.2, 0.25) is 10.0 Å². The number of nitro groups is 1. The van der Waals surface area contributed by atoms with Crippen LogP contribution in [0.4, 0.5) is 5.69 Å². The molecule has 1 unspecified atom stereocenters. The fraction of sp³-hybridized carbons (Fsp3) is 0.600. The molecule has 8 heteroatoms. The lowest BCUT2D eigenvalue weighted by Crippen LogP contribution is -2.43. The van der Waals surface area contributed by atoms with Crippen molar-refractivity contribution in [2.24, 2.45) is 5.92 Å². The summed E-state index contributed by atoms with van der Waals surface area (Å²) in [5, 5.41) is 14.6. The van der Waals surface area contributed by atoms with Crippen LogP contribution in [0.15, 0.2) is 29.2 Å². The molecule has 2 fully saturated rings. The quantitative estimate of drug-likeness (QED) is 0.666. The number of nitrogens with zero attached hydrogens (tertiary/aromatic N) is 2. The van der Waals surface area contributed by atoms with Gasteiger partial charge in [-0.25, -0.2) is 8.42 Å². The van der Waals surface area contributed by atoms with Crippen molar-refractivity contribution < 1.29 is 13.3 Å². The van der Waals surface area contributed by atoms with E-state index >= 15 is 0 Å². The Morgan fingerprint density at radius 3 is 2.48 bits per heavy atom. The van der Waals surface area contributed by atoms with Crippen LogP contribution in [0.3, 0.4) is 0 Å². The largest absolute Gasteiger partial charge is 0.314 e. The molecule has 2 heterocycles. The Hall–Kier alpha value is -1.51. The van der Waals surface area contributed by atoms with Gasteiger partial charge in [0.25, 0.3) is 5.69 Å². The first-order valence-electron chi connectivity index (χ1n) is 7.97. The Kier molecular flexibility index (Phi) is 4.65. The number of nitrogens with one attached hydrogen (secondary N) is 1. The van der Waals surface area contributed by atoms with Gasteiger partial charge in [0, 0.05) is 25.2 Å². The molecule has 2 aliphatic rings. The lowest BCUT2D eigenvalue weighted by atomic mass is 9.89. The Morgan fingerprint density at radius 2 is 1.87 bits per heavy atom. The molecule has 0 spiro atoms. The first-order valence-corrected chi connectivity index (χ1v) is 9.41. The van der Waals surface area contributed by atoms with Gasteiger partial charge in [-0.2, -0.15) is 4.31 Å². The van der Waals surface area contributed by atoms with E-state index in [2.05, 4.69) is 5.32 Å². The molecular weight excluding hydrogens is 318 g/mol. The van der Waals surface area contributed by atoms with E-state index in [4.69, 9.17) is 0 Å². The highest BCUT2D eigenvalue weighted by atomic mass is 32.2. The maximum absolute atomic E-state index is 12.7. The molecule has 0 bridgehead atoms. The highest BCUT2D eigenvalue weighted by Crippen LogP contribution is 2.31. The van der Waals surface area contributed by atoms with Crippen LogP contribution in [0.1, 0.15) is 25.7 Å². The highest BCUT2D eigenvalue weighted by Gasteiger charge is 2.36. The van der Waals surface area contributed by atoms with Gasteiger partial charge in [-0.1, -0.05) is 12.1 Å². The molecule has 0 saturated carbocycles. The van der Waals surface area contributed by atoms with Crippen molar-refractivity contribution in [2.75, 3.05) is 19.6 Å². The van der Waals surface area contributed by atoms with Crippen LogP contribution in [0.2, 0.25) is 0 Å². The van der Waals surface area contributed by atoms with Crippen molar-refractivity contribution in [1.82, 2.24) is 9.62 Å². The topological polar surface area (TPSA) is 92.5 Å². The van der Waals surface area contributed by atoms with Gasteiger partial charge in [0.1, 0.15) is 0 Å². The lowest BCUT2D eigenvalue weighted by molar-refractivity contribution is -0.387. The van der Waals surface area contributed by atoms with Crippen LogP contribution in [0.5, 0.6) is 0 Å². The molecule has 0 amide bonds. The van der Waals surface area contributed by atoms with Crippen LogP contribution in [-0.2, 0) is 10.0 Å². The van der Waals surface area contributed by atoms with Gasteiger partial charge in [-0.05, 0) is 44.2 Å². The summed E-state index contributed by atoms with van der Waals surface area (Å²) >= 11 is 0. The number of sulfonamides is 1. The average Bonchev–Trinajstić information content (AvgIpc) is 3.09. The number of piperidine rings is 1. The summed E-state index contributed by atoms with van der Waals surface area (Å²) in [6.45, 7) is 1.90. The second-order valence-corrected chi connectivity index (χ2v) is 8.08. The molecule has 3 rings (SSSR count). The molecule has 126 valence electrons. The van der Waals surface area contributed by atoms with Crippen LogP contribution in [-0.4, -0.2) is 43.3 Å². The summed E-state index contributed by atoms with van der Waals surface area (Å²) in [6.07, 6.45) is 3.94. The highest BCUT2D eigenvalue weighted by molar-refractivity contribution is 7.89. The van der Waals surface area contributed by atoms with Crippen molar-refractivity contribution in [2.45, 2.75) is 36.6 Å². The first-order chi connectivity index (χ1) is 11.0. The minimum Gasteiger partial charge on any atom is -0.314 e. The summed E-state index contributed by atoms with van der Waals surface area (Å²) in [5.41, 5.74) is -0.355. The zero-order chi connectivity index (χ0) is 16.4. The van der Waals surface area contributed by atoms with Crippen molar-refractivity contribution >= 4 is 15.7 Å². The average molecular weight is 339 g/mol. The van der Waals surface area contributed by atoms with Crippen LogP contribution in [0, 0.1) is 16.0 Å². The van der Waals surface area contributed by atoms with Crippen molar-refractivity contribution in [3.63, 3.8) is 0 Å². The molecule has 0 radical (unpaired) electrons. The predicted octanol–water partition coefficient (Wildman–Crippen LogP) is 1.75. The fourth-order valence-corrected chi connectivity index (χ4v) is 5.22. The van der Waals surface area contributed by atoms with Gasteiger partial charge < -0.3 is 5.32 Å². The third kappa shape index (κ3) is 3.24. The molecule has 2 saturated heterocycles. The Labute approximate surface area is 135 Å². The first kappa shape index (κ1) is 16.4. The van der Waals surface area contributed by atoms with E-state index in [1.165, 1.54) is 35.0 Å². The summed E-state index contributed by atoms with van der Waals surface area (Å²) in [6, 6.07) is 6.05. The van der Waals surface area contributed by atoms with Crippen molar-refractivity contribution in [3.8, 4) is 0 Å². The van der Waals surface area contributed by atoms with Gasteiger partial charge in [0.05, 0.1) is 4.92 Å².